The zero-order valence-corrected chi connectivity index (χ0v) is 8.09. The number of nitrogens with one attached hydrogen (secondary N) is 1. The van der Waals surface area contributed by atoms with Gasteiger partial charge in [0.05, 0.1) is 6.54 Å². The minimum atomic E-state index is -0.652. The summed E-state index contributed by atoms with van der Waals surface area (Å²) in [6.45, 7) is 1.07. The summed E-state index contributed by atoms with van der Waals surface area (Å²) in [5.74, 6) is 0. The molecule has 15 heavy (non-hydrogen) atoms. The molecule has 0 aliphatic carbocycles. The maximum atomic E-state index is 10.8. The molecular formula is C10H11N3O2. The van der Waals surface area contributed by atoms with E-state index < -0.39 is 6.04 Å². The van der Waals surface area contributed by atoms with Crippen LogP contribution >= 0.6 is 0 Å². The Morgan fingerprint density at radius 1 is 1.47 bits per heavy atom. The van der Waals surface area contributed by atoms with Gasteiger partial charge in [-0.15, -0.1) is 0 Å². The third-order valence-corrected chi connectivity index (χ3v) is 2.43. The Balaban J connectivity index is 2.34. The maximum absolute atomic E-state index is 10.8. The molecule has 1 aliphatic rings. The van der Waals surface area contributed by atoms with Crippen molar-refractivity contribution in [3.8, 4) is 0 Å². The van der Waals surface area contributed by atoms with Gasteiger partial charge in [0.1, 0.15) is 0 Å². The van der Waals surface area contributed by atoms with Crippen LogP contribution in [0.1, 0.15) is 5.56 Å². The summed E-state index contributed by atoms with van der Waals surface area (Å²) in [7, 11) is 0. The van der Waals surface area contributed by atoms with E-state index in [-0.39, 0.29) is 4.92 Å². The number of aromatic nitrogens is 1. The molecule has 0 bridgehead atoms. The Bertz CT molecular complexity index is 389. The average molecular weight is 205 g/mol. The monoisotopic (exact) mass is 205 g/mol. The Kier molecular flexibility index (Phi) is 2.73. The zero-order valence-electron chi connectivity index (χ0n) is 8.09. The topological polar surface area (TPSA) is 68.1 Å². The molecular weight excluding hydrogens is 194 g/mol. The molecule has 0 saturated carbocycles. The van der Waals surface area contributed by atoms with E-state index >= 15 is 0 Å². The van der Waals surface area contributed by atoms with Crippen LogP contribution in [0.2, 0.25) is 0 Å². The molecule has 0 spiro atoms. The second-order valence-electron chi connectivity index (χ2n) is 3.35. The minimum Gasteiger partial charge on any atom is -0.307 e. The van der Waals surface area contributed by atoms with Crippen molar-refractivity contribution in [3.05, 3.63) is 46.3 Å². The summed E-state index contributed by atoms with van der Waals surface area (Å²) >= 11 is 0. The molecule has 1 aromatic rings. The zero-order chi connectivity index (χ0) is 10.7. The maximum Gasteiger partial charge on any atom is 0.250 e. The third kappa shape index (κ3) is 2.02. The number of rotatable bonds is 2. The van der Waals surface area contributed by atoms with E-state index in [0.29, 0.717) is 13.1 Å². The summed E-state index contributed by atoms with van der Waals surface area (Å²) in [5, 5.41) is 13.8. The van der Waals surface area contributed by atoms with Crippen LogP contribution in [0, 0.1) is 10.1 Å². The quantitative estimate of drug-likeness (QED) is 0.570. The van der Waals surface area contributed by atoms with E-state index in [1.807, 2.05) is 6.08 Å². The highest BCUT2D eigenvalue weighted by molar-refractivity contribution is 5.69. The molecule has 1 atom stereocenters. The van der Waals surface area contributed by atoms with E-state index in [9.17, 15) is 10.1 Å². The van der Waals surface area contributed by atoms with Crippen LogP contribution in [-0.2, 0) is 0 Å². The highest BCUT2D eigenvalue weighted by Gasteiger charge is 2.28. The van der Waals surface area contributed by atoms with E-state index in [2.05, 4.69) is 10.3 Å². The van der Waals surface area contributed by atoms with Gasteiger partial charge in [0, 0.05) is 29.4 Å². The van der Waals surface area contributed by atoms with Crippen LogP contribution in [0.4, 0.5) is 0 Å². The second kappa shape index (κ2) is 4.18. The molecule has 1 aromatic heterocycles. The van der Waals surface area contributed by atoms with Gasteiger partial charge in [-0.3, -0.25) is 15.1 Å². The van der Waals surface area contributed by atoms with Gasteiger partial charge in [0.2, 0.25) is 0 Å². The average Bonchev–Trinajstić information content (AvgIpc) is 2.30. The normalized spacial score (nSPS) is 20.8. The molecule has 1 unspecified atom stereocenters. The van der Waals surface area contributed by atoms with Crippen LogP contribution < -0.4 is 5.32 Å². The lowest BCUT2D eigenvalue weighted by atomic mass is 9.97. The van der Waals surface area contributed by atoms with Crippen LogP contribution in [0.25, 0.3) is 5.57 Å². The highest BCUT2D eigenvalue weighted by Crippen LogP contribution is 2.21. The van der Waals surface area contributed by atoms with Crippen LogP contribution in [0.3, 0.4) is 0 Å². The summed E-state index contributed by atoms with van der Waals surface area (Å²) in [5.41, 5.74) is 1.66. The van der Waals surface area contributed by atoms with Crippen molar-refractivity contribution in [1.82, 2.24) is 10.3 Å². The van der Waals surface area contributed by atoms with Gasteiger partial charge in [0.25, 0.3) is 6.04 Å². The minimum absolute atomic E-state index is 0.252. The van der Waals surface area contributed by atoms with Crippen molar-refractivity contribution < 1.29 is 4.92 Å². The van der Waals surface area contributed by atoms with Gasteiger partial charge in [0.15, 0.2) is 0 Å². The molecule has 0 amide bonds. The Labute approximate surface area is 87.0 Å². The first-order valence-electron chi connectivity index (χ1n) is 4.73. The fourth-order valence-electron chi connectivity index (χ4n) is 1.69. The van der Waals surface area contributed by atoms with E-state index in [1.165, 1.54) is 0 Å². The van der Waals surface area contributed by atoms with E-state index in [1.54, 1.807) is 24.5 Å². The summed E-state index contributed by atoms with van der Waals surface area (Å²) in [6.07, 6.45) is 5.16. The van der Waals surface area contributed by atoms with Crippen molar-refractivity contribution in [1.29, 1.82) is 0 Å². The molecule has 0 saturated heterocycles. The summed E-state index contributed by atoms with van der Waals surface area (Å²) in [6, 6.07) is 2.95. The van der Waals surface area contributed by atoms with Gasteiger partial charge in [-0.1, -0.05) is 6.08 Å². The highest BCUT2D eigenvalue weighted by atomic mass is 16.6. The molecule has 0 radical (unpaired) electrons. The number of hydrogen-bond acceptors (Lipinski definition) is 4. The van der Waals surface area contributed by atoms with Crippen LogP contribution in [0.15, 0.2) is 30.6 Å². The number of hydrogen-bond donors (Lipinski definition) is 1. The van der Waals surface area contributed by atoms with Gasteiger partial charge in [-0.2, -0.15) is 0 Å². The molecule has 2 heterocycles. The molecule has 5 nitrogen and oxygen atoms in total. The van der Waals surface area contributed by atoms with Gasteiger partial charge in [-0.25, -0.2) is 0 Å². The van der Waals surface area contributed by atoms with Gasteiger partial charge < -0.3 is 5.32 Å². The number of pyridine rings is 1. The molecule has 5 heteroatoms. The van der Waals surface area contributed by atoms with Crippen molar-refractivity contribution in [2.75, 3.05) is 13.1 Å². The smallest absolute Gasteiger partial charge is 0.250 e. The summed E-state index contributed by atoms with van der Waals surface area (Å²) in [4.78, 5) is 14.5. The number of nitro groups is 1. The standard InChI is InChI=1S/C10H11N3O2/c14-13(15)10-7-12-6-3-9(10)8-1-4-11-5-2-8/h1-5,10,12H,6-7H2. The fourth-order valence-corrected chi connectivity index (χ4v) is 1.69. The predicted molar refractivity (Wildman–Crippen MR) is 55.9 cm³/mol. The van der Waals surface area contributed by atoms with Crippen molar-refractivity contribution in [2.24, 2.45) is 0 Å². The second-order valence-corrected chi connectivity index (χ2v) is 3.35. The molecule has 1 N–H and O–H groups in total. The lowest BCUT2D eigenvalue weighted by Gasteiger charge is -2.18. The molecule has 0 fully saturated rings. The van der Waals surface area contributed by atoms with Crippen LogP contribution in [-0.4, -0.2) is 29.0 Å². The Morgan fingerprint density at radius 2 is 2.20 bits per heavy atom. The number of nitrogens with zero attached hydrogens (tertiary/aromatic N) is 2. The molecule has 78 valence electrons. The fraction of sp³-hybridized carbons (Fsp3) is 0.300. The SMILES string of the molecule is O=[N+]([O-])C1CNCC=C1c1ccncc1. The first-order valence-corrected chi connectivity index (χ1v) is 4.73. The van der Waals surface area contributed by atoms with Crippen molar-refractivity contribution in [3.63, 3.8) is 0 Å². The van der Waals surface area contributed by atoms with Gasteiger partial charge in [-0.05, 0) is 17.7 Å². The van der Waals surface area contributed by atoms with Gasteiger partial charge >= 0.3 is 0 Å². The third-order valence-electron chi connectivity index (χ3n) is 2.43. The van der Waals surface area contributed by atoms with Crippen molar-refractivity contribution >= 4 is 5.57 Å². The first-order chi connectivity index (χ1) is 7.29. The Hall–Kier alpha value is -1.75. The predicted octanol–water partition coefficient (Wildman–Crippen LogP) is 0.713. The van der Waals surface area contributed by atoms with E-state index in [0.717, 1.165) is 11.1 Å². The van der Waals surface area contributed by atoms with Crippen LogP contribution in [0.5, 0.6) is 0 Å². The lowest BCUT2D eigenvalue weighted by molar-refractivity contribution is -0.504. The lowest BCUT2D eigenvalue weighted by Crippen LogP contribution is -2.37. The molecule has 0 aromatic carbocycles. The largest absolute Gasteiger partial charge is 0.307 e. The Morgan fingerprint density at radius 3 is 2.87 bits per heavy atom. The molecule has 1 aliphatic heterocycles. The van der Waals surface area contributed by atoms with E-state index in [4.69, 9.17) is 0 Å². The summed E-state index contributed by atoms with van der Waals surface area (Å²) < 4.78 is 0. The molecule has 2 rings (SSSR count). The van der Waals surface area contributed by atoms with Crippen molar-refractivity contribution in [2.45, 2.75) is 6.04 Å². The first kappa shape index (κ1) is 9.79.